The first-order valence-electron chi connectivity index (χ1n) is 9.62. The molecule has 0 aliphatic rings. The molecule has 1 N–H and O–H groups in total. The number of imidazole rings is 1. The molecular weight excluding hydrogens is 400 g/mol. The fourth-order valence-corrected chi connectivity index (χ4v) is 3.97. The molecule has 1 unspecified atom stereocenters. The summed E-state index contributed by atoms with van der Waals surface area (Å²) in [5.74, 6) is -0.604. The van der Waals surface area contributed by atoms with Gasteiger partial charge >= 0.3 is 5.97 Å². The number of carbonyl (C=O) groups is 2. The maximum atomic E-state index is 12.7. The van der Waals surface area contributed by atoms with Gasteiger partial charge in [0.2, 0.25) is 5.91 Å². The number of aryl methyl sites for hydroxylation is 1. The highest BCUT2D eigenvalue weighted by atomic mass is 32.2. The van der Waals surface area contributed by atoms with Crippen LogP contribution in [0.15, 0.2) is 47.6 Å². The Hall–Kier alpha value is -3.31. The molecule has 154 valence electrons. The third kappa shape index (κ3) is 4.47. The van der Waals surface area contributed by atoms with Gasteiger partial charge in [0.25, 0.3) is 0 Å². The van der Waals surface area contributed by atoms with Gasteiger partial charge in [0, 0.05) is 6.54 Å². The molecule has 0 saturated carbocycles. The van der Waals surface area contributed by atoms with Crippen LogP contribution in [0.3, 0.4) is 0 Å². The Morgan fingerprint density at radius 2 is 2.03 bits per heavy atom. The summed E-state index contributed by atoms with van der Waals surface area (Å²) in [5, 5.41) is 12.3. The number of rotatable bonds is 7. The van der Waals surface area contributed by atoms with E-state index < -0.39 is 5.25 Å². The molecule has 0 aliphatic carbocycles. The number of fused-ring (bicyclic) bond motifs is 1. The number of para-hydroxylation sites is 1. The van der Waals surface area contributed by atoms with Crippen molar-refractivity contribution in [1.82, 2.24) is 9.55 Å². The van der Waals surface area contributed by atoms with Crippen molar-refractivity contribution in [2.24, 2.45) is 0 Å². The lowest BCUT2D eigenvalue weighted by Gasteiger charge is -2.13. The number of anilines is 1. The van der Waals surface area contributed by atoms with Crippen molar-refractivity contribution in [3.63, 3.8) is 0 Å². The van der Waals surface area contributed by atoms with E-state index in [1.165, 1.54) is 11.8 Å². The Balaban J connectivity index is 1.82. The highest BCUT2D eigenvalue weighted by Crippen LogP contribution is 2.29. The van der Waals surface area contributed by atoms with E-state index in [0.717, 1.165) is 5.52 Å². The summed E-state index contributed by atoms with van der Waals surface area (Å²) in [7, 11) is 0. The van der Waals surface area contributed by atoms with Crippen molar-refractivity contribution in [2.45, 2.75) is 37.7 Å². The van der Waals surface area contributed by atoms with Crippen LogP contribution >= 0.6 is 11.8 Å². The molecular formula is C22H22N4O3S. The van der Waals surface area contributed by atoms with E-state index >= 15 is 0 Å². The molecule has 8 heteroatoms. The van der Waals surface area contributed by atoms with Gasteiger partial charge in [-0.05, 0) is 51.1 Å². The summed E-state index contributed by atoms with van der Waals surface area (Å²) in [4.78, 5) is 29.3. The Labute approximate surface area is 179 Å². The molecule has 0 bridgehead atoms. The molecule has 0 radical (unpaired) electrons. The predicted molar refractivity (Wildman–Crippen MR) is 116 cm³/mol. The summed E-state index contributed by atoms with van der Waals surface area (Å²) >= 11 is 1.33. The van der Waals surface area contributed by atoms with Crippen LogP contribution in [0.1, 0.15) is 36.7 Å². The van der Waals surface area contributed by atoms with Crippen molar-refractivity contribution in [2.75, 3.05) is 11.9 Å². The first kappa shape index (κ1) is 21.4. The molecule has 3 rings (SSSR count). The lowest BCUT2D eigenvalue weighted by atomic mass is 10.2. The first-order chi connectivity index (χ1) is 14.5. The van der Waals surface area contributed by atoms with E-state index in [-0.39, 0.29) is 11.9 Å². The molecule has 30 heavy (non-hydrogen) atoms. The van der Waals surface area contributed by atoms with E-state index in [2.05, 4.69) is 16.4 Å². The van der Waals surface area contributed by atoms with Gasteiger partial charge in [0.15, 0.2) is 5.16 Å². The number of ether oxygens (including phenoxy) is 1. The molecule has 3 aromatic rings. The second-order valence-corrected chi connectivity index (χ2v) is 7.78. The van der Waals surface area contributed by atoms with Gasteiger partial charge in [-0.1, -0.05) is 23.9 Å². The Morgan fingerprint density at radius 1 is 1.27 bits per heavy atom. The minimum Gasteiger partial charge on any atom is -0.462 e. The van der Waals surface area contributed by atoms with E-state index in [1.807, 2.05) is 17.6 Å². The topological polar surface area (TPSA) is 97.0 Å². The van der Waals surface area contributed by atoms with Crippen LogP contribution in [-0.2, 0) is 16.1 Å². The number of aromatic nitrogens is 2. The molecule has 1 aromatic heterocycles. The number of nitriles is 1. The maximum Gasteiger partial charge on any atom is 0.338 e. The number of esters is 1. The van der Waals surface area contributed by atoms with Crippen LogP contribution in [0.2, 0.25) is 0 Å². The summed E-state index contributed by atoms with van der Waals surface area (Å²) < 4.78 is 7.06. The molecule has 1 atom stereocenters. The Morgan fingerprint density at radius 3 is 2.73 bits per heavy atom. The average molecular weight is 423 g/mol. The van der Waals surface area contributed by atoms with Crippen LogP contribution in [0, 0.1) is 11.3 Å². The van der Waals surface area contributed by atoms with E-state index in [9.17, 15) is 14.9 Å². The molecule has 7 nitrogen and oxygen atoms in total. The summed E-state index contributed by atoms with van der Waals surface area (Å²) in [6.07, 6.45) is 0. The fraction of sp³-hybridized carbons (Fsp3) is 0.273. The maximum absolute atomic E-state index is 12.7. The van der Waals surface area contributed by atoms with Gasteiger partial charge in [-0.2, -0.15) is 5.26 Å². The summed E-state index contributed by atoms with van der Waals surface area (Å²) in [5.41, 5.74) is 2.90. The molecule has 1 heterocycles. The first-order valence-corrected chi connectivity index (χ1v) is 10.5. The summed E-state index contributed by atoms with van der Waals surface area (Å²) in [6, 6.07) is 14.2. The van der Waals surface area contributed by atoms with Gasteiger partial charge in [0.05, 0.1) is 39.7 Å². The van der Waals surface area contributed by atoms with E-state index in [1.54, 1.807) is 50.2 Å². The van der Waals surface area contributed by atoms with Gasteiger partial charge in [-0.3, -0.25) is 4.79 Å². The fourth-order valence-electron chi connectivity index (χ4n) is 2.98. The quantitative estimate of drug-likeness (QED) is 0.452. The highest BCUT2D eigenvalue weighted by Gasteiger charge is 2.20. The van der Waals surface area contributed by atoms with Crippen molar-refractivity contribution in [3.8, 4) is 6.07 Å². The number of nitrogens with one attached hydrogen (secondary N) is 1. The number of nitrogens with zero attached hydrogens (tertiary/aromatic N) is 3. The zero-order valence-electron chi connectivity index (χ0n) is 17.0. The lowest BCUT2D eigenvalue weighted by molar-refractivity contribution is -0.115. The van der Waals surface area contributed by atoms with Crippen LogP contribution in [0.4, 0.5) is 5.69 Å². The molecule has 0 saturated heterocycles. The van der Waals surface area contributed by atoms with Gasteiger partial charge < -0.3 is 14.6 Å². The number of amides is 1. The van der Waals surface area contributed by atoms with Gasteiger partial charge in [-0.25, -0.2) is 9.78 Å². The standard InChI is InChI=1S/C22H22N4O3S/c1-4-26-19-11-10-15(21(28)29-5-2)12-18(19)25-22(26)30-14(3)20(27)24-17-9-7-6-8-16(17)13-23/h6-12,14H,4-5H2,1-3H3,(H,24,27). The number of hydrogen-bond donors (Lipinski definition) is 1. The minimum atomic E-state index is -0.441. The third-order valence-corrected chi connectivity index (χ3v) is 5.59. The Kier molecular flexibility index (Phi) is 6.75. The monoisotopic (exact) mass is 422 g/mol. The number of hydrogen-bond acceptors (Lipinski definition) is 6. The van der Waals surface area contributed by atoms with Crippen LogP contribution in [-0.4, -0.2) is 33.3 Å². The van der Waals surface area contributed by atoms with Gasteiger partial charge in [0.1, 0.15) is 6.07 Å². The smallest absolute Gasteiger partial charge is 0.338 e. The van der Waals surface area contributed by atoms with Crippen LogP contribution in [0.5, 0.6) is 0 Å². The second-order valence-electron chi connectivity index (χ2n) is 6.47. The average Bonchev–Trinajstić information content (AvgIpc) is 3.10. The molecule has 2 aromatic carbocycles. The van der Waals surface area contributed by atoms with Crippen molar-refractivity contribution >= 4 is 40.4 Å². The van der Waals surface area contributed by atoms with Crippen molar-refractivity contribution < 1.29 is 14.3 Å². The van der Waals surface area contributed by atoms with E-state index in [4.69, 9.17) is 4.74 Å². The second kappa shape index (κ2) is 9.46. The normalized spacial score (nSPS) is 11.7. The molecule has 0 fully saturated rings. The number of thioether (sulfide) groups is 1. The number of carbonyl (C=O) groups excluding carboxylic acids is 2. The highest BCUT2D eigenvalue weighted by molar-refractivity contribution is 8.00. The van der Waals surface area contributed by atoms with Crippen LogP contribution in [0.25, 0.3) is 11.0 Å². The number of benzene rings is 2. The van der Waals surface area contributed by atoms with Crippen molar-refractivity contribution in [1.29, 1.82) is 5.26 Å². The Bertz CT molecular complexity index is 1130. The molecule has 0 aliphatic heterocycles. The third-order valence-electron chi connectivity index (χ3n) is 4.50. The largest absolute Gasteiger partial charge is 0.462 e. The van der Waals surface area contributed by atoms with E-state index in [0.29, 0.717) is 40.6 Å². The zero-order valence-corrected chi connectivity index (χ0v) is 17.8. The minimum absolute atomic E-state index is 0.218. The zero-order chi connectivity index (χ0) is 21.7. The molecule has 1 amide bonds. The lowest BCUT2D eigenvalue weighted by Crippen LogP contribution is -2.23. The van der Waals surface area contributed by atoms with Crippen molar-refractivity contribution in [3.05, 3.63) is 53.6 Å². The summed E-state index contributed by atoms with van der Waals surface area (Å²) in [6.45, 7) is 6.53. The van der Waals surface area contributed by atoms with Crippen LogP contribution < -0.4 is 5.32 Å². The molecule has 0 spiro atoms. The van der Waals surface area contributed by atoms with Gasteiger partial charge in [-0.15, -0.1) is 0 Å². The predicted octanol–water partition coefficient (Wildman–Crippen LogP) is 4.22. The SMILES string of the molecule is CCOC(=O)c1ccc2c(c1)nc(SC(C)C(=O)Nc1ccccc1C#N)n2CC.